The van der Waals surface area contributed by atoms with E-state index in [1.165, 1.54) is 101 Å². The minimum Gasteiger partial charge on any atom is -0.465 e. The Morgan fingerprint density at radius 2 is 0.974 bits per heavy atom. The minimum atomic E-state index is -0.327. The van der Waals surface area contributed by atoms with E-state index in [0.717, 1.165) is 91.4 Å². The number of methoxy groups -OCH3 is 2. The van der Waals surface area contributed by atoms with Crippen molar-refractivity contribution in [3.05, 3.63) is 246 Å². The van der Waals surface area contributed by atoms with Crippen molar-refractivity contribution in [3.63, 3.8) is 0 Å². The second kappa shape index (κ2) is 55.2. The van der Waals surface area contributed by atoms with Gasteiger partial charge >= 0.3 is 41.5 Å². The number of allylic oxidation sites excluding steroid dienone is 10. The Kier molecular flexibility index (Phi) is 50.5. The number of carbonyl (C=O) groups is 2. The molecule has 0 amide bonds. The van der Waals surface area contributed by atoms with E-state index in [1.54, 1.807) is 83.3 Å². The van der Waals surface area contributed by atoms with Crippen LogP contribution in [0.25, 0.3) is 0 Å². The molecule has 0 N–H and O–H groups in total. The van der Waals surface area contributed by atoms with Crippen LogP contribution < -0.4 is 44.3 Å². The zero-order valence-corrected chi connectivity index (χ0v) is 83.4. The number of carbonyl (C=O) groups excluding carboxylic acids is 2. The van der Waals surface area contributed by atoms with Gasteiger partial charge in [0.05, 0.1) is 62.9 Å². The van der Waals surface area contributed by atoms with Gasteiger partial charge in [0.2, 0.25) is 5.69 Å². The van der Waals surface area contributed by atoms with E-state index in [4.69, 9.17) is 28.4 Å². The van der Waals surface area contributed by atoms with E-state index >= 15 is 0 Å². The number of hydrogen-bond donors (Lipinski definition) is 0. The molecular formula is C85H112N5NaO8S16+2. The quantitative estimate of drug-likeness (QED) is 0.0195. The van der Waals surface area contributed by atoms with E-state index in [0.29, 0.717) is 37.6 Å². The van der Waals surface area contributed by atoms with Crippen LogP contribution in [-0.4, -0.2) is 108 Å². The average Bonchev–Trinajstić information content (AvgIpc) is 1.62. The Morgan fingerprint density at radius 3 is 1.45 bits per heavy atom. The molecule has 5 aromatic carbocycles. The van der Waals surface area contributed by atoms with Crippen LogP contribution in [0.15, 0.2) is 206 Å². The zero-order valence-electron chi connectivity index (χ0n) is 68.3. The number of esters is 2. The maximum Gasteiger partial charge on any atom is 1.00 e. The Morgan fingerprint density at radius 1 is 0.548 bits per heavy atom. The van der Waals surface area contributed by atoms with Crippen LogP contribution in [0.1, 0.15) is 170 Å². The van der Waals surface area contributed by atoms with Crippen molar-refractivity contribution in [2.24, 2.45) is 4.99 Å². The number of aliphatic imine (C=N–C) groups is 1. The number of benzene rings is 5. The van der Waals surface area contributed by atoms with Crippen molar-refractivity contribution in [2.75, 3.05) is 81.5 Å². The Bertz CT molecular complexity index is 4880. The van der Waals surface area contributed by atoms with Crippen LogP contribution in [0.5, 0.6) is 0 Å². The molecule has 30 heteroatoms. The number of nitrogens with zero attached hydrogens (tertiary/aromatic N) is 5. The summed E-state index contributed by atoms with van der Waals surface area (Å²) in [6.07, 6.45) is 24.8. The molecule has 6 heterocycles. The van der Waals surface area contributed by atoms with Gasteiger partial charge in [-0.15, -0.1) is 13.2 Å². The molecule has 0 radical (unpaired) electrons. The SMILES string of the molecule is C.C/C=C/C=Nc1ccccc1.C=C1N(CCC2OCCO2)c2ccc(C(=O)OC)cc2C1(C)C.C=CCCN1C(=C)C(C)(C)c2cc(C)ccc21.C=CCC[N+]1=C(C=CC=CC=C2N(CCC3OCCO3)c3ccc(C(=O)OC)cc3C2(C)C)C(C)(C)c2cc(C)ccc21.CCC.S=S=S=S=S=S=S.S=S=S=S=S=S=S=S=S.[Na+]. The van der Waals surface area contributed by atoms with Crippen LogP contribution in [0.4, 0.5) is 28.4 Å². The molecule has 0 aromatic heterocycles. The third-order valence-electron chi connectivity index (χ3n) is 18.9. The van der Waals surface area contributed by atoms with Gasteiger partial charge in [-0.1, -0.05) is 166 Å². The summed E-state index contributed by atoms with van der Waals surface area (Å²) in [5, 5.41) is 0. The van der Waals surface area contributed by atoms with E-state index in [2.05, 4.69) is 245 Å². The van der Waals surface area contributed by atoms with Crippen molar-refractivity contribution in [1.82, 2.24) is 0 Å². The van der Waals surface area contributed by atoms with Gasteiger partial charge in [-0.05, 0) is 131 Å². The van der Waals surface area contributed by atoms with Gasteiger partial charge in [-0.2, -0.15) is 4.58 Å². The normalized spacial score (nSPS) is 16.2. The van der Waals surface area contributed by atoms with Crippen LogP contribution in [0.3, 0.4) is 0 Å². The Labute approximate surface area is 762 Å². The minimum absolute atomic E-state index is 0. The fourth-order valence-corrected chi connectivity index (χ4v) is 35.1. The first-order valence-electron chi connectivity index (χ1n) is 36.7. The fraction of sp³-hybridized carbons (Fsp3) is 0.412. The molecule has 6 aliphatic rings. The number of rotatable bonds is 19. The molecule has 0 bridgehead atoms. The van der Waals surface area contributed by atoms with Gasteiger partial charge < -0.3 is 43.1 Å². The van der Waals surface area contributed by atoms with Crippen LogP contribution in [-0.2, 0) is 201 Å². The molecule has 0 aliphatic carbocycles. The van der Waals surface area contributed by atoms with Crippen molar-refractivity contribution in [3.8, 4) is 0 Å². The third-order valence-corrected chi connectivity index (χ3v) is 41.1. The first-order chi connectivity index (χ1) is 54.2. The van der Waals surface area contributed by atoms with Gasteiger partial charge in [0, 0.05) is 265 Å². The summed E-state index contributed by atoms with van der Waals surface area (Å²) in [5.41, 5.74) is 18.5. The van der Waals surface area contributed by atoms with Crippen molar-refractivity contribution < 1.29 is 72.1 Å². The number of aryl methyl sites for hydroxylation is 2. The molecule has 620 valence electrons. The molecule has 6 aliphatic heterocycles. The zero-order chi connectivity index (χ0) is 83.2. The van der Waals surface area contributed by atoms with Gasteiger partial charge in [-0.25, -0.2) is 9.59 Å². The van der Waals surface area contributed by atoms with Crippen molar-refractivity contribution in [2.45, 2.75) is 164 Å². The number of ether oxygens (including phenoxy) is 6. The molecular weight excluding hydrogens is 1760 g/mol. The maximum atomic E-state index is 12.3. The molecule has 0 unspecified atom stereocenters. The second-order valence-corrected chi connectivity index (χ2v) is 49.1. The number of anilines is 3. The van der Waals surface area contributed by atoms with Crippen molar-refractivity contribution in [1.29, 1.82) is 0 Å². The molecule has 115 heavy (non-hydrogen) atoms. The Balaban J connectivity index is 0.000000399. The standard InChI is InChI=1S/C37H45N2O4.C18H23NO4.C16H21N.C10H11N.C3H8.CH4.Na.S9.S7/c1-8-9-20-38-30-17-15-26(2)24-28(30)36(3,4)32(38)13-11-10-12-14-33-37(5,6)29-25-27(35(40)41-7)16-18-31(29)39(33)21-19-34-42-22-23-43-34;1-12-18(2,3)14-11-13(17(20)21-4)5-6-15(14)19(12)8-7-16-22-9-10-23-16;1-6-7-10-17-13(3)16(4,5)14-11-12(2)8-9-15(14)17;1-2-3-9-11-10-7-5-4-6-8-10;1-3-2;;;1-3-5-7-9-8-6-4-2;1-3-5-7-6-4-2/h8,10-18,24-25,34H,1,9,19-23H2,2-7H3;5-6,11,16H,1,7-10H2,2-4H3;6,8-9,11H,1,3,7,10H2,2,4-5H3;2-9H,1H3;3H2,1-2H3;1H4;;;/q+1;;;;;;+1;;/b;;;3-2+,11-9?;;;;;. The van der Waals surface area contributed by atoms with Gasteiger partial charge in [-0.3, -0.25) is 4.99 Å². The summed E-state index contributed by atoms with van der Waals surface area (Å²) in [5.74, 6) is -0.646. The van der Waals surface area contributed by atoms with Gasteiger partial charge in [0.1, 0.15) is 0 Å². The van der Waals surface area contributed by atoms with Crippen LogP contribution in [0, 0.1) is 13.8 Å². The first-order valence-corrected chi connectivity index (χ1v) is 55.4. The first kappa shape index (κ1) is 105. The molecule has 0 atom stereocenters. The summed E-state index contributed by atoms with van der Waals surface area (Å²) in [6, 6.07) is 34.8. The molecule has 5 aromatic rings. The topological polar surface area (TPSA) is 115 Å². The second-order valence-electron chi connectivity index (χ2n) is 27.9. The summed E-state index contributed by atoms with van der Waals surface area (Å²) < 4.78 is 34.8. The Hall–Kier alpha value is -3.94. The average molecular weight is 1870 g/mol. The van der Waals surface area contributed by atoms with E-state index in [9.17, 15) is 9.59 Å². The number of para-hydroxylation sites is 1. The predicted octanol–water partition coefficient (Wildman–Crippen LogP) is 16.3. The van der Waals surface area contributed by atoms with Gasteiger partial charge in [0.25, 0.3) is 0 Å². The predicted molar refractivity (Wildman–Crippen MR) is 527 cm³/mol. The molecule has 0 saturated carbocycles. The van der Waals surface area contributed by atoms with Crippen molar-refractivity contribution >= 4 is 204 Å². The monoisotopic (exact) mass is 1870 g/mol. The molecule has 11 rings (SSSR count). The van der Waals surface area contributed by atoms with E-state index in [-0.39, 0.29) is 83.2 Å². The molecule has 0 spiro atoms. The molecule has 2 saturated heterocycles. The largest absolute Gasteiger partial charge is 1.00 e. The molecule has 13 nitrogen and oxygen atoms in total. The smallest absolute Gasteiger partial charge is 0.465 e. The fourth-order valence-electron chi connectivity index (χ4n) is 13.1. The molecule has 2 fully saturated rings. The summed E-state index contributed by atoms with van der Waals surface area (Å²) in [4.78, 5) is 35.2. The van der Waals surface area contributed by atoms with Crippen LogP contribution in [0.2, 0.25) is 0 Å². The van der Waals surface area contributed by atoms with E-state index in [1.807, 2.05) is 91.9 Å². The van der Waals surface area contributed by atoms with E-state index < -0.39 is 0 Å². The maximum absolute atomic E-state index is 12.3. The summed E-state index contributed by atoms with van der Waals surface area (Å²) in [7, 11) is 21.1. The van der Waals surface area contributed by atoms with Crippen LogP contribution >= 0.6 is 0 Å². The summed E-state index contributed by atoms with van der Waals surface area (Å²) >= 11 is 18.4. The third kappa shape index (κ3) is 31.2. The number of hydrogen-bond acceptors (Lipinski definition) is 16. The number of fused-ring (bicyclic) bond motifs is 4. The summed E-state index contributed by atoms with van der Waals surface area (Å²) in [6.45, 7) is 50.6. The van der Waals surface area contributed by atoms with Gasteiger partial charge in [0.15, 0.2) is 24.8 Å².